The maximum atomic E-state index is 6.36. The molecule has 0 saturated heterocycles. The van der Waals surface area contributed by atoms with E-state index in [1.807, 2.05) is 25.2 Å². The molecule has 2 heterocycles. The Hall–Kier alpha value is -1.63. The molecule has 0 aliphatic carbocycles. The molecule has 7 heteroatoms. The van der Waals surface area contributed by atoms with Gasteiger partial charge in [-0.15, -0.1) is 0 Å². The van der Waals surface area contributed by atoms with Crippen molar-refractivity contribution in [2.75, 3.05) is 7.05 Å². The number of aromatic nitrogens is 4. The number of aromatic amines is 1. The summed E-state index contributed by atoms with van der Waals surface area (Å²) in [5, 5.41) is 4.77. The van der Waals surface area contributed by atoms with Crippen molar-refractivity contribution >= 4 is 34.5 Å². The SMILES string of the molecule is CNC(C)c1ccc(Sc2ncnc3nc[nH]c23)cc1Cl. The topological polar surface area (TPSA) is 66.5 Å². The Kier molecular flexibility index (Phi) is 4.10. The summed E-state index contributed by atoms with van der Waals surface area (Å²) >= 11 is 7.90. The minimum Gasteiger partial charge on any atom is -0.341 e. The molecule has 5 nitrogen and oxygen atoms in total. The summed E-state index contributed by atoms with van der Waals surface area (Å²) in [6, 6.07) is 6.26. The van der Waals surface area contributed by atoms with E-state index in [0.717, 1.165) is 26.0 Å². The van der Waals surface area contributed by atoms with E-state index in [9.17, 15) is 0 Å². The van der Waals surface area contributed by atoms with Crippen LogP contribution in [0.15, 0.2) is 40.8 Å². The van der Waals surface area contributed by atoms with E-state index in [0.29, 0.717) is 5.65 Å². The normalized spacial score (nSPS) is 12.7. The largest absolute Gasteiger partial charge is 0.341 e. The van der Waals surface area contributed by atoms with Gasteiger partial charge in [-0.2, -0.15) is 0 Å². The highest BCUT2D eigenvalue weighted by Crippen LogP contribution is 2.33. The average molecular weight is 320 g/mol. The number of nitrogens with one attached hydrogen (secondary N) is 2. The van der Waals surface area contributed by atoms with Crippen molar-refractivity contribution in [3.8, 4) is 0 Å². The first-order valence-corrected chi connectivity index (χ1v) is 7.67. The first-order chi connectivity index (χ1) is 10.2. The van der Waals surface area contributed by atoms with Gasteiger partial charge < -0.3 is 10.3 Å². The van der Waals surface area contributed by atoms with Gasteiger partial charge in [0.25, 0.3) is 0 Å². The molecule has 0 aliphatic rings. The van der Waals surface area contributed by atoms with Crippen LogP contribution in [0.4, 0.5) is 0 Å². The van der Waals surface area contributed by atoms with Gasteiger partial charge in [-0.25, -0.2) is 15.0 Å². The van der Waals surface area contributed by atoms with E-state index in [-0.39, 0.29) is 6.04 Å². The van der Waals surface area contributed by atoms with Crippen LogP contribution in [0.2, 0.25) is 5.02 Å². The third-order valence-electron chi connectivity index (χ3n) is 3.27. The van der Waals surface area contributed by atoms with Crippen molar-refractivity contribution in [1.82, 2.24) is 25.3 Å². The van der Waals surface area contributed by atoms with Gasteiger partial charge in [0.05, 0.1) is 6.33 Å². The highest BCUT2D eigenvalue weighted by atomic mass is 35.5. The first kappa shape index (κ1) is 14.3. The standard InChI is InChI=1S/C14H14ClN5S/c1-8(16-2)10-4-3-9(5-11(10)15)21-14-12-13(18-6-17-12)19-7-20-14/h3-8,16H,1-2H3,(H,17,18,19,20). The number of H-pyrrole nitrogens is 1. The Morgan fingerprint density at radius 3 is 2.90 bits per heavy atom. The smallest absolute Gasteiger partial charge is 0.181 e. The molecule has 0 saturated carbocycles. The predicted molar refractivity (Wildman–Crippen MR) is 84.7 cm³/mol. The quantitative estimate of drug-likeness (QED) is 0.721. The van der Waals surface area contributed by atoms with E-state index in [4.69, 9.17) is 11.6 Å². The second kappa shape index (κ2) is 6.01. The van der Waals surface area contributed by atoms with E-state index in [2.05, 4.69) is 32.2 Å². The fourth-order valence-corrected chi connectivity index (χ4v) is 3.31. The number of fused-ring (bicyclic) bond motifs is 1. The molecule has 3 rings (SSSR count). The van der Waals surface area contributed by atoms with Crippen LogP contribution in [0.5, 0.6) is 0 Å². The molecule has 1 atom stereocenters. The molecule has 0 aliphatic heterocycles. The summed E-state index contributed by atoms with van der Waals surface area (Å²) in [6.07, 6.45) is 3.14. The van der Waals surface area contributed by atoms with E-state index >= 15 is 0 Å². The molecule has 3 aromatic rings. The highest BCUT2D eigenvalue weighted by Gasteiger charge is 2.11. The molecule has 2 N–H and O–H groups in total. The Balaban J connectivity index is 1.92. The van der Waals surface area contributed by atoms with Crippen molar-refractivity contribution in [2.45, 2.75) is 22.9 Å². The van der Waals surface area contributed by atoms with Crippen molar-refractivity contribution in [1.29, 1.82) is 0 Å². The molecular formula is C14H14ClN5S. The second-order valence-corrected chi connectivity index (χ2v) is 6.05. The third kappa shape index (κ3) is 2.88. The predicted octanol–water partition coefficient (Wildman–Crippen LogP) is 3.44. The Labute approximate surface area is 131 Å². The summed E-state index contributed by atoms with van der Waals surface area (Å²) in [6.45, 7) is 2.08. The van der Waals surface area contributed by atoms with Crippen molar-refractivity contribution in [3.05, 3.63) is 41.4 Å². The summed E-state index contributed by atoms with van der Waals surface area (Å²) in [7, 11) is 1.92. The van der Waals surface area contributed by atoms with Crippen molar-refractivity contribution in [3.63, 3.8) is 0 Å². The fourth-order valence-electron chi connectivity index (χ4n) is 2.01. The van der Waals surface area contributed by atoms with Crippen LogP contribution < -0.4 is 5.32 Å². The number of nitrogens with zero attached hydrogens (tertiary/aromatic N) is 3. The molecule has 0 bridgehead atoms. The second-order valence-electron chi connectivity index (χ2n) is 4.58. The van der Waals surface area contributed by atoms with Gasteiger partial charge in [0.2, 0.25) is 0 Å². The Morgan fingerprint density at radius 1 is 1.29 bits per heavy atom. The van der Waals surface area contributed by atoms with Gasteiger partial charge in [-0.3, -0.25) is 0 Å². The molecule has 0 radical (unpaired) electrons. The van der Waals surface area contributed by atoms with Crippen LogP contribution >= 0.6 is 23.4 Å². The average Bonchev–Trinajstić information content (AvgIpc) is 2.96. The molecule has 0 amide bonds. The summed E-state index contributed by atoms with van der Waals surface area (Å²) < 4.78 is 0. The lowest BCUT2D eigenvalue weighted by Gasteiger charge is -2.13. The molecular weight excluding hydrogens is 306 g/mol. The van der Waals surface area contributed by atoms with Crippen LogP contribution in [0.3, 0.4) is 0 Å². The summed E-state index contributed by atoms with van der Waals surface area (Å²) in [5.41, 5.74) is 2.59. The molecule has 108 valence electrons. The molecule has 0 fully saturated rings. The summed E-state index contributed by atoms with van der Waals surface area (Å²) in [5.74, 6) is 0. The Bertz CT molecular complexity index is 773. The van der Waals surface area contributed by atoms with Gasteiger partial charge in [0.1, 0.15) is 16.9 Å². The molecule has 0 spiro atoms. The zero-order valence-electron chi connectivity index (χ0n) is 11.6. The third-order valence-corrected chi connectivity index (χ3v) is 4.59. The maximum Gasteiger partial charge on any atom is 0.181 e. The van der Waals surface area contributed by atoms with E-state index in [1.165, 1.54) is 18.1 Å². The minimum absolute atomic E-state index is 0.218. The van der Waals surface area contributed by atoms with Gasteiger partial charge in [-0.05, 0) is 31.7 Å². The lowest BCUT2D eigenvalue weighted by atomic mass is 10.1. The van der Waals surface area contributed by atoms with Crippen LogP contribution in [-0.4, -0.2) is 27.0 Å². The number of imidazole rings is 1. The monoisotopic (exact) mass is 319 g/mol. The number of rotatable bonds is 4. The fraction of sp³-hybridized carbons (Fsp3) is 0.214. The molecule has 21 heavy (non-hydrogen) atoms. The lowest BCUT2D eigenvalue weighted by molar-refractivity contribution is 0.652. The number of hydrogen-bond donors (Lipinski definition) is 2. The Morgan fingerprint density at radius 2 is 2.14 bits per heavy atom. The van der Waals surface area contributed by atoms with Crippen LogP contribution in [-0.2, 0) is 0 Å². The number of benzene rings is 1. The van der Waals surface area contributed by atoms with Crippen molar-refractivity contribution in [2.24, 2.45) is 0 Å². The molecule has 1 unspecified atom stereocenters. The zero-order valence-corrected chi connectivity index (χ0v) is 13.2. The van der Waals surface area contributed by atoms with Gasteiger partial charge in [0, 0.05) is 16.0 Å². The first-order valence-electron chi connectivity index (χ1n) is 6.47. The van der Waals surface area contributed by atoms with E-state index < -0.39 is 0 Å². The van der Waals surface area contributed by atoms with Crippen LogP contribution in [0.25, 0.3) is 11.2 Å². The van der Waals surface area contributed by atoms with Crippen LogP contribution in [0, 0.1) is 0 Å². The molecule has 2 aromatic heterocycles. The number of halogens is 1. The van der Waals surface area contributed by atoms with Crippen molar-refractivity contribution < 1.29 is 0 Å². The maximum absolute atomic E-state index is 6.36. The number of hydrogen-bond acceptors (Lipinski definition) is 5. The van der Waals surface area contributed by atoms with Gasteiger partial charge in [-0.1, -0.05) is 29.4 Å². The minimum atomic E-state index is 0.218. The summed E-state index contributed by atoms with van der Waals surface area (Å²) in [4.78, 5) is 16.6. The molecule has 1 aromatic carbocycles. The van der Waals surface area contributed by atoms with Crippen LogP contribution in [0.1, 0.15) is 18.5 Å². The van der Waals surface area contributed by atoms with Gasteiger partial charge >= 0.3 is 0 Å². The van der Waals surface area contributed by atoms with Gasteiger partial charge in [0.15, 0.2) is 5.65 Å². The zero-order chi connectivity index (χ0) is 14.8. The van der Waals surface area contributed by atoms with E-state index in [1.54, 1.807) is 6.33 Å². The highest BCUT2D eigenvalue weighted by molar-refractivity contribution is 7.99. The lowest BCUT2D eigenvalue weighted by Crippen LogP contribution is -2.12.